The molecule has 0 saturated carbocycles. The Morgan fingerprint density at radius 1 is 1.07 bits per heavy atom. The van der Waals surface area contributed by atoms with E-state index < -0.39 is 5.60 Å². The Kier molecular flexibility index (Phi) is 11.3. The van der Waals surface area contributed by atoms with Gasteiger partial charge in [0.05, 0.1) is 14.2 Å². The fraction of sp³-hybridized carbons (Fsp3) is 0.538. The number of rotatable bonds is 12. The molecule has 40 heavy (non-hydrogen) atoms. The molecule has 14 heteroatoms. The number of carbonyl (C=O) groups excluding carboxylic acids is 2. The molecule has 2 aromatic rings. The number of hydrogen-bond donors (Lipinski definition) is 2. The molecular formula is C26H38N8O5S. The second-order valence-corrected chi connectivity index (χ2v) is 10.8. The van der Waals surface area contributed by atoms with E-state index in [9.17, 15) is 9.59 Å². The molecule has 2 N–H and O–H groups in total. The van der Waals surface area contributed by atoms with E-state index in [0.29, 0.717) is 40.1 Å². The number of anilines is 2. The third-order valence-electron chi connectivity index (χ3n) is 5.67. The predicted octanol–water partition coefficient (Wildman–Crippen LogP) is 2.99. The van der Waals surface area contributed by atoms with Gasteiger partial charge in [-0.2, -0.15) is 9.97 Å². The van der Waals surface area contributed by atoms with Crippen LogP contribution in [-0.4, -0.2) is 95.9 Å². The van der Waals surface area contributed by atoms with Crippen LogP contribution in [0.15, 0.2) is 35.0 Å². The summed E-state index contributed by atoms with van der Waals surface area (Å²) in [7, 11) is 3.07. The quantitative estimate of drug-likeness (QED) is 0.218. The van der Waals surface area contributed by atoms with Crippen LogP contribution in [0.3, 0.4) is 0 Å². The van der Waals surface area contributed by atoms with Gasteiger partial charge in [-0.3, -0.25) is 9.69 Å². The molecule has 13 nitrogen and oxygen atoms in total. The zero-order chi connectivity index (χ0) is 29.1. The summed E-state index contributed by atoms with van der Waals surface area (Å²) in [6.45, 7) is 13.7. The molecule has 1 aliphatic heterocycles. The van der Waals surface area contributed by atoms with Crippen molar-refractivity contribution < 1.29 is 23.8 Å². The van der Waals surface area contributed by atoms with Crippen molar-refractivity contribution >= 4 is 35.5 Å². The largest absolute Gasteiger partial charge is 0.480 e. The lowest BCUT2D eigenvalue weighted by Crippen LogP contribution is -2.47. The lowest BCUT2D eigenvalue weighted by Gasteiger charge is -2.35. The number of nitrogens with one attached hydrogen (secondary N) is 2. The predicted molar refractivity (Wildman–Crippen MR) is 152 cm³/mol. The van der Waals surface area contributed by atoms with Gasteiger partial charge in [0.2, 0.25) is 23.6 Å². The van der Waals surface area contributed by atoms with Crippen molar-refractivity contribution in [2.75, 3.05) is 63.7 Å². The van der Waals surface area contributed by atoms with Gasteiger partial charge < -0.3 is 29.7 Å². The van der Waals surface area contributed by atoms with Crippen molar-refractivity contribution in [3.8, 4) is 11.8 Å². The molecule has 0 atom stereocenters. The first-order valence-electron chi connectivity index (χ1n) is 13.0. The zero-order valence-electron chi connectivity index (χ0n) is 23.7. The molecule has 0 spiro atoms. The third kappa shape index (κ3) is 9.52. The van der Waals surface area contributed by atoms with E-state index in [4.69, 9.17) is 14.2 Å². The molecule has 0 bridgehead atoms. The number of carbonyl (C=O) groups is 2. The van der Waals surface area contributed by atoms with Crippen LogP contribution in [0.5, 0.6) is 11.8 Å². The average Bonchev–Trinajstić information content (AvgIpc) is 2.92. The minimum Gasteiger partial charge on any atom is -0.480 e. The summed E-state index contributed by atoms with van der Waals surface area (Å²) in [4.78, 5) is 46.3. The fourth-order valence-corrected chi connectivity index (χ4v) is 4.64. The Labute approximate surface area is 239 Å². The van der Waals surface area contributed by atoms with Gasteiger partial charge in [-0.15, -0.1) is 0 Å². The number of piperazine rings is 1. The second kappa shape index (κ2) is 14.7. The lowest BCUT2D eigenvalue weighted by atomic mass is 10.2. The van der Waals surface area contributed by atoms with Crippen molar-refractivity contribution in [1.82, 2.24) is 30.2 Å². The molecule has 0 aromatic carbocycles. The Bertz CT molecular complexity index is 1140. The van der Waals surface area contributed by atoms with Crippen LogP contribution in [0.2, 0.25) is 0 Å². The smallest absolute Gasteiger partial charge is 0.407 e. The number of ether oxygens (including phenoxy) is 3. The lowest BCUT2D eigenvalue weighted by molar-refractivity contribution is -0.111. The van der Waals surface area contributed by atoms with E-state index in [1.807, 2.05) is 20.8 Å². The maximum absolute atomic E-state index is 11.8. The van der Waals surface area contributed by atoms with Crippen LogP contribution < -0.4 is 25.0 Å². The highest BCUT2D eigenvalue weighted by Gasteiger charge is 2.24. The summed E-state index contributed by atoms with van der Waals surface area (Å²) in [5.41, 5.74) is -0.493. The normalized spacial score (nSPS) is 13.9. The van der Waals surface area contributed by atoms with Crippen molar-refractivity contribution in [2.24, 2.45) is 0 Å². The highest BCUT2D eigenvalue weighted by molar-refractivity contribution is 7.99. The second-order valence-electron chi connectivity index (χ2n) is 9.86. The Balaban J connectivity index is 1.55. The van der Waals surface area contributed by atoms with Gasteiger partial charge in [-0.25, -0.2) is 14.8 Å². The Morgan fingerprint density at radius 3 is 2.35 bits per heavy atom. The summed E-state index contributed by atoms with van der Waals surface area (Å²) in [5, 5.41) is 5.78. The molecule has 3 rings (SSSR count). The van der Waals surface area contributed by atoms with E-state index in [-0.39, 0.29) is 12.0 Å². The molecule has 1 saturated heterocycles. The van der Waals surface area contributed by atoms with Crippen molar-refractivity contribution in [3.05, 3.63) is 24.9 Å². The molecule has 2 aromatic heterocycles. The molecule has 0 unspecified atom stereocenters. The molecule has 1 aliphatic rings. The van der Waals surface area contributed by atoms with Crippen LogP contribution in [-0.2, 0) is 9.53 Å². The minimum atomic E-state index is -0.493. The fourth-order valence-electron chi connectivity index (χ4n) is 3.77. The molecule has 1 fully saturated rings. The van der Waals surface area contributed by atoms with Crippen molar-refractivity contribution in [3.63, 3.8) is 0 Å². The highest BCUT2D eigenvalue weighted by Crippen LogP contribution is 2.39. The van der Waals surface area contributed by atoms with Gasteiger partial charge in [-0.1, -0.05) is 6.58 Å². The van der Waals surface area contributed by atoms with Crippen LogP contribution in [0.4, 0.5) is 16.6 Å². The maximum atomic E-state index is 11.8. The van der Waals surface area contributed by atoms with Crippen LogP contribution >= 0.6 is 11.8 Å². The summed E-state index contributed by atoms with van der Waals surface area (Å²) < 4.78 is 16.4. The van der Waals surface area contributed by atoms with E-state index in [1.165, 1.54) is 32.1 Å². The topological polar surface area (TPSA) is 144 Å². The highest BCUT2D eigenvalue weighted by atomic mass is 32.2. The first-order valence-corrected chi connectivity index (χ1v) is 13.8. The molecule has 2 amide bonds. The van der Waals surface area contributed by atoms with Gasteiger partial charge in [0.15, 0.2) is 5.16 Å². The number of hydrogen-bond acceptors (Lipinski definition) is 12. The minimum absolute atomic E-state index is 0.343. The number of methoxy groups -OCH3 is 2. The van der Waals surface area contributed by atoms with E-state index in [1.54, 1.807) is 12.3 Å². The number of unbranched alkanes of at least 4 members (excludes halogenated alkanes) is 1. The third-order valence-corrected chi connectivity index (χ3v) is 6.60. The monoisotopic (exact) mass is 574 g/mol. The van der Waals surface area contributed by atoms with E-state index in [0.717, 1.165) is 45.6 Å². The first-order chi connectivity index (χ1) is 19.1. The molecule has 0 aliphatic carbocycles. The number of nitrogens with zero attached hydrogens (tertiary/aromatic N) is 6. The van der Waals surface area contributed by atoms with Crippen LogP contribution in [0, 0.1) is 0 Å². The van der Waals surface area contributed by atoms with Crippen LogP contribution in [0.1, 0.15) is 33.6 Å². The summed E-state index contributed by atoms with van der Waals surface area (Å²) in [6, 6.07) is 1.58. The molecule has 3 heterocycles. The van der Waals surface area contributed by atoms with E-state index in [2.05, 4.69) is 46.9 Å². The van der Waals surface area contributed by atoms with Gasteiger partial charge in [0.25, 0.3) is 0 Å². The van der Waals surface area contributed by atoms with Gasteiger partial charge in [0.1, 0.15) is 16.3 Å². The number of aromatic nitrogens is 4. The molecule has 0 radical (unpaired) electrons. The van der Waals surface area contributed by atoms with Crippen molar-refractivity contribution in [1.29, 1.82) is 0 Å². The standard InChI is InChI=1S/C26H38N8O5S/c1-7-19(35)29-18-10-12-27-24(30-18)40-20-21(37-5)31-23(32-22(20)38-6)34-16-14-33(15-17-34)13-9-8-11-28-25(36)39-26(2,3)4/h7,10,12H,1,8-9,11,13-17H2,2-6H3,(H,28,36)(H,27,29,30,35). The Hall–Kier alpha value is -3.65. The Morgan fingerprint density at radius 2 is 1.75 bits per heavy atom. The number of alkyl carbamates (subject to hydrolysis) is 1. The van der Waals surface area contributed by atoms with E-state index >= 15 is 0 Å². The zero-order valence-corrected chi connectivity index (χ0v) is 24.5. The SMILES string of the molecule is C=CC(=O)Nc1ccnc(Sc2c(OC)nc(N3CCN(CCCCNC(=O)OC(C)(C)C)CC3)nc2OC)n1. The maximum Gasteiger partial charge on any atom is 0.407 e. The first kappa shape index (κ1) is 30.9. The average molecular weight is 575 g/mol. The molecule has 218 valence electrons. The van der Waals surface area contributed by atoms with Gasteiger partial charge in [-0.05, 0) is 64.1 Å². The van der Waals surface area contributed by atoms with Gasteiger partial charge >= 0.3 is 6.09 Å². The summed E-state index contributed by atoms with van der Waals surface area (Å²) >= 11 is 1.18. The van der Waals surface area contributed by atoms with Crippen molar-refractivity contribution in [2.45, 2.75) is 49.3 Å². The summed E-state index contributed by atoms with van der Waals surface area (Å²) in [5.74, 6) is 1.18. The van der Waals surface area contributed by atoms with Crippen LogP contribution in [0.25, 0.3) is 0 Å². The summed E-state index contributed by atoms with van der Waals surface area (Å²) in [6.07, 6.45) is 4.18. The van der Waals surface area contributed by atoms with Gasteiger partial charge in [0, 0.05) is 38.9 Å². The number of amides is 2. The molecular weight excluding hydrogens is 536 g/mol.